The van der Waals surface area contributed by atoms with E-state index in [1.165, 1.54) is 5.56 Å². The number of hydrogen-bond donors (Lipinski definition) is 1. The van der Waals surface area contributed by atoms with Crippen molar-refractivity contribution in [3.8, 4) is 0 Å². The molecule has 0 spiro atoms. The van der Waals surface area contributed by atoms with Gasteiger partial charge in [-0.05, 0) is 17.9 Å². The summed E-state index contributed by atoms with van der Waals surface area (Å²) in [4.78, 5) is 3.89. The van der Waals surface area contributed by atoms with Crippen molar-refractivity contribution in [3.63, 3.8) is 0 Å². The Morgan fingerprint density at radius 1 is 1.70 bits per heavy atom. The SMILES string of the molecule is CSCc1ccncc1N. The normalized spacial score (nSPS) is 9.70. The average molecular weight is 154 g/mol. The monoisotopic (exact) mass is 154 g/mol. The molecule has 0 amide bonds. The molecule has 0 radical (unpaired) electrons. The van der Waals surface area contributed by atoms with Gasteiger partial charge in [0, 0.05) is 11.9 Å². The fourth-order valence-corrected chi connectivity index (χ4v) is 1.30. The van der Waals surface area contributed by atoms with Crippen LogP contribution in [-0.2, 0) is 5.75 Å². The molecule has 0 bridgehead atoms. The van der Waals surface area contributed by atoms with Crippen molar-refractivity contribution in [1.29, 1.82) is 0 Å². The lowest BCUT2D eigenvalue weighted by Crippen LogP contribution is -1.92. The van der Waals surface area contributed by atoms with Crippen LogP contribution in [0.4, 0.5) is 5.69 Å². The molecule has 0 unspecified atom stereocenters. The first-order valence-electron chi connectivity index (χ1n) is 3.02. The van der Waals surface area contributed by atoms with E-state index in [-0.39, 0.29) is 0 Å². The maximum absolute atomic E-state index is 5.63. The van der Waals surface area contributed by atoms with E-state index in [0.717, 1.165) is 11.4 Å². The number of aromatic nitrogens is 1. The highest BCUT2D eigenvalue weighted by molar-refractivity contribution is 7.97. The van der Waals surface area contributed by atoms with Gasteiger partial charge in [0.2, 0.25) is 0 Å². The molecule has 1 aromatic heterocycles. The summed E-state index contributed by atoms with van der Waals surface area (Å²) >= 11 is 1.76. The molecule has 2 N–H and O–H groups in total. The first-order chi connectivity index (χ1) is 4.84. The second-order valence-electron chi connectivity index (χ2n) is 2.01. The Hall–Kier alpha value is -0.700. The van der Waals surface area contributed by atoms with E-state index in [2.05, 4.69) is 11.2 Å². The van der Waals surface area contributed by atoms with E-state index < -0.39 is 0 Å². The first kappa shape index (κ1) is 7.41. The zero-order valence-electron chi connectivity index (χ0n) is 5.87. The largest absolute Gasteiger partial charge is 0.397 e. The Morgan fingerprint density at radius 3 is 3.10 bits per heavy atom. The lowest BCUT2D eigenvalue weighted by molar-refractivity contribution is 1.28. The fraction of sp³-hybridized carbons (Fsp3) is 0.286. The van der Waals surface area contributed by atoms with E-state index in [4.69, 9.17) is 5.73 Å². The van der Waals surface area contributed by atoms with Gasteiger partial charge in [-0.3, -0.25) is 4.98 Å². The van der Waals surface area contributed by atoms with E-state index in [1.807, 2.05) is 6.07 Å². The topological polar surface area (TPSA) is 38.9 Å². The third-order valence-electron chi connectivity index (χ3n) is 1.25. The third-order valence-corrected chi connectivity index (χ3v) is 1.85. The van der Waals surface area contributed by atoms with E-state index in [1.54, 1.807) is 24.2 Å². The first-order valence-corrected chi connectivity index (χ1v) is 4.41. The summed E-state index contributed by atoms with van der Waals surface area (Å²) in [6, 6.07) is 1.95. The third kappa shape index (κ3) is 1.64. The number of rotatable bonds is 2. The highest BCUT2D eigenvalue weighted by Crippen LogP contribution is 2.14. The molecule has 0 aromatic carbocycles. The molecule has 0 atom stereocenters. The molecule has 1 rings (SSSR count). The van der Waals surface area contributed by atoms with Gasteiger partial charge in [0.1, 0.15) is 0 Å². The number of nitrogens with zero attached hydrogens (tertiary/aromatic N) is 1. The van der Waals surface area contributed by atoms with Crippen molar-refractivity contribution >= 4 is 17.4 Å². The van der Waals surface area contributed by atoms with Crippen LogP contribution < -0.4 is 5.73 Å². The minimum atomic E-state index is 0.789. The molecule has 0 fully saturated rings. The summed E-state index contributed by atoms with van der Waals surface area (Å²) in [5.74, 6) is 0.967. The highest BCUT2D eigenvalue weighted by atomic mass is 32.2. The minimum Gasteiger partial charge on any atom is -0.397 e. The second-order valence-corrected chi connectivity index (χ2v) is 2.87. The van der Waals surface area contributed by atoms with Crippen molar-refractivity contribution in [1.82, 2.24) is 4.98 Å². The molecule has 0 saturated carbocycles. The second kappa shape index (κ2) is 3.46. The van der Waals surface area contributed by atoms with Gasteiger partial charge >= 0.3 is 0 Å². The molecule has 0 aliphatic heterocycles. The van der Waals surface area contributed by atoms with Crippen molar-refractivity contribution in [2.75, 3.05) is 12.0 Å². The van der Waals surface area contributed by atoms with Crippen LogP contribution in [-0.4, -0.2) is 11.2 Å². The summed E-state index contributed by atoms with van der Waals surface area (Å²) in [6.45, 7) is 0. The van der Waals surface area contributed by atoms with Crippen molar-refractivity contribution in [2.24, 2.45) is 0 Å². The number of thioether (sulfide) groups is 1. The van der Waals surface area contributed by atoms with Gasteiger partial charge in [-0.2, -0.15) is 11.8 Å². The number of hydrogen-bond acceptors (Lipinski definition) is 3. The van der Waals surface area contributed by atoms with Crippen molar-refractivity contribution < 1.29 is 0 Å². The molecule has 3 heteroatoms. The molecule has 1 heterocycles. The van der Waals surface area contributed by atoms with Gasteiger partial charge in [-0.25, -0.2) is 0 Å². The highest BCUT2D eigenvalue weighted by Gasteiger charge is 1.94. The quantitative estimate of drug-likeness (QED) is 0.702. The Kier molecular flexibility index (Phi) is 2.57. The fourth-order valence-electron chi connectivity index (χ4n) is 0.722. The van der Waals surface area contributed by atoms with E-state index in [9.17, 15) is 0 Å². The smallest absolute Gasteiger partial charge is 0.0541 e. The van der Waals surface area contributed by atoms with Gasteiger partial charge in [0.05, 0.1) is 11.9 Å². The van der Waals surface area contributed by atoms with Crippen LogP contribution in [0.5, 0.6) is 0 Å². The van der Waals surface area contributed by atoms with Crippen LogP contribution in [0.3, 0.4) is 0 Å². The Bertz CT molecular complexity index is 213. The van der Waals surface area contributed by atoms with Crippen LogP contribution in [0, 0.1) is 0 Å². The standard InChI is InChI=1S/C7H10N2S/c1-10-5-6-2-3-9-4-7(6)8/h2-4H,5,8H2,1H3. The average Bonchev–Trinajstić information content (AvgIpc) is 1.94. The maximum atomic E-state index is 5.63. The number of pyridine rings is 1. The molecule has 54 valence electrons. The van der Waals surface area contributed by atoms with Gasteiger partial charge in [-0.15, -0.1) is 0 Å². The van der Waals surface area contributed by atoms with Crippen LogP contribution >= 0.6 is 11.8 Å². The van der Waals surface area contributed by atoms with E-state index >= 15 is 0 Å². The number of anilines is 1. The van der Waals surface area contributed by atoms with E-state index in [0.29, 0.717) is 0 Å². The number of nitrogens with two attached hydrogens (primary N) is 1. The summed E-state index contributed by atoms with van der Waals surface area (Å²) in [7, 11) is 0. The number of nitrogen functional groups attached to an aromatic ring is 1. The zero-order chi connectivity index (χ0) is 7.40. The summed E-state index contributed by atoms with van der Waals surface area (Å²) in [5.41, 5.74) is 7.59. The predicted molar refractivity (Wildman–Crippen MR) is 45.9 cm³/mol. The zero-order valence-corrected chi connectivity index (χ0v) is 6.69. The molecule has 0 aliphatic rings. The maximum Gasteiger partial charge on any atom is 0.0541 e. The molecule has 2 nitrogen and oxygen atoms in total. The minimum absolute atomic E-state index is 0.789. The molecular formula is C7H10N2S. The molecule has 10 heavy (non-hydrogen) atoms. The summed E-state index contributed by atoms with van der Waals surface area (Å²) in [5, 5.41) is 0. The van der Waals surface area contributed by atoms with Gasteiger partial charge in [-0.1, -0.05) is 0 Å². The van der Waals surface area contributed by atoms with Gasteiger partial charge in [0.25, 0.3) is 0 Å². The summed E-state index contributed by atoms with van der Waals surface area (Å²) in [6.07, 6.45) is 5.51. The van der Waals surface area contributed by atoms with Crippen LogP contribution in [0.25, 0.3) is 0 Å². The Labute approximate surface area is 64.8 Å². The molecule has 1 aromatic rings. The lowest BCUT2D eigenvalue weighted by atomic mass is 10.3. The summed E-state index contributed by atoms with van der Waals surface area (Å²) < 4.78 is 0. The Balaban J connectivity index is 2.81. The lowest BCUT2D eigenvalue weighted by Gasteiger charge is -2.00. The molecular weight excluding hydrogens is 144 g/mol. The van der Waals surface area contributed by atoms with Crippen molar-refractivity contribution in [2.45, 2.75) is 5.75 Å². The Morgan fingerprint density at radius 2 is 2.50 bits per heavy atom. The van der Waals surface area contributed by atoms with Crippen LogP contribution in [0.2, 0.25) is 0 Å². The van der Waals surface area contributed by atoms with Gasteiger partial charge in [0.15, 0.2) is 0 Å². The van der Waals surface area contributed by atoms with Crippen LogP contribution in [0.1, 0.15) is 5.56 Å². The van der Waals surface area contributed by atoms with Gasteiger partial charge < -0.3 is 5.73 Å². The van der Waals surface area contributed by atoms with Crippen LogP contribution in [0.15, 0.2) is 18.5 Å². The van der Waals surface area contributed by atoms with Crippen molar-refractivity contribution in [3.05, 3.63) is 24.0 Å². The molecule has 0 aliphatic carbocycles. The predicted octanol–water partition coefficient (Wildman–Crippen LogP) is 1.53. The molecule has 0 saturated heterocycles.